The minimum atomic E-state index is -0.904. The molecule has 88 heavy (non-hydrogen) atoms. The first kappa shape index (κ1) is 81.6. The second-order valence-electron chi connectivity index (χ2n) is 25.1. The Morgan fingerprint density at radius 1 is 0.364 bits per heavy atom. The molecule has 0 aromatic rings. The van der Waals surface area contributed by atoms with E-state index in [9.17, 15) is 38.4 Å². The molecule has 0 radical (unpaired) electrons. The van der Waals surface area contributed by atoms with E-state index in [0.717, 1.165) is 135 Å². The van der Waals surface area contributed by atoms with E-state index >= 15 is 0 Å². The summed E-state index contributed by atoms with van der Waals surface area (Å²) in [5.74, 6) is -2.77. The van der Waals surface area contributed by atoms with Crippen LogP contribution >= 0.6 is 0 Å². The van der Waals surface area contributed by atoms with Crippen molar-refractivity contribution in [3.63, 3.8) is 0 Å². The maximum atomic E-state index is 14.6. The molecule has 3 unspecified atom stereocenters. The minimum absolute atomic E-state index is 0.0443. The summed E-state index contributed by atoms with van der Waals surface area (Å²) in [4.78, 5) is 105. The second kappa shape index (κ2) is 60.2. The highest BCUT2D eigenvalue weighted by Crippen LogP contribution is 2.18. The molecule has 17 nitrogen and oxygen atoms in total. The normalized spacial score (nSPS) is 13.2. The van der Waals surface area contributed by atoms with E-state index in [-0.39, 0.29) is 68.6 Å². The Bertz CT molecular complexity index is 1800. The Labute approximate surface area is 534 Å². The Balaban J connectivity index is 2.96. The number of carbonyl (C=O) groups is 8. The summed E-state index contributed by atoms with van der Waals surface area (Å²) in [6, 6.07) is -2.56. The highest BCUT2D eigenvalue weighted by molar-refractivity contribution is 6.12. The van der Waals surface area contributed by atoms with E-state index < -0.39 is 35.9 Å². The summed E-state index contributed by atoms with van der Waals surface area (Å²) < 4.78 is 11.4. The number of hydrogen-bond acceptors (Lipinski definition) is 10. The first-order valence-corrected chi connectivity index (χ1v) is 36.3. The largest absolute Gasteiger partial charge is 0.481 e. The molecule has 3 atom stereocenters. The number of hydrogen-bond donors (Lipinski definition) is 6. The third-order valence-corrected chi connectivity index (χ3v) is 16.9. The van der Waals surface area contributed by atoms with Crippen molar-refractivity contribution in [3.05, 3.63) is 12.2 Å². The van der Waals surface area contributed by atoms with Gasteiger partial charge in [-0.3, -0.25) is 43.3 Å². The van der Waals surface area contributed by atoms with Crippen LogP contribution in [-0.4, -0.2) is 122 Å². The van der Waals surface area contributed by atoms with Crippen molar-refractivity contribution in [2.75, 3.05) is 46.1 Å². The van der Waals surface area contributed by atoms with Crippen LogP contribution in [0.1, 0.15) is 329 Å². The first-order valence-electron chi connectivity index (χ1n) is 36.3. The molecule has 17 heteroatoms. The van der Waals surface area contributed by atoms with Crippen LogP contribution < -0.4 is 26.6 Å². The fraction of sp³-hybridized carbons (Fsp3) is 0.859. The Morgan fingerprint density at radius 3 is 1.15 bits per heavy atom. The predicted molar refractivity (Wildman–Crippen MR) is 356 cm³/mol. The summed E-state index contributed by atoms with van der Waals surface area (Å²) in [6.07, 6.45) is 49.6. The summed E-state index contributed by atoms with van der Waals surface area (Å²) in [7, 11) is 0. The maximum Gasteiger partial charge on any atom is 0.303 e. The Kier molecular flexibility index (Phi) is 55.8. The lowest BCUT2D eigenvalue weighted by Gasteiger charge is -2.26. The van der Waals surface area contributed by atoms with Crippen molar-refractivity contribution in [2.24, 2.45) is 0 Å². The van der Waals surface area contributed by atoms with E-state index in [2.05, 4.69) is 47.4 Å². The molecule has 0 saturated heterocycles. The topological polar surface area (TPSA) is 239 Å². The number of carbonyl (C=O) groups excluding carboxylic acids is 7. The van der Waals surface area contributed by atoms with Crippen LogP contribution in [0.5, 0.6) is 0 Å². The van der Waals surface area contributed by atoms with Crippen molar-refractivity contribution < 1.29 is 52.9 Å². The van der Waals surface area contributed by atoms with E-state index in [1.807, 2.05) is 0 Å². The van der Waals surface area contributed by atoms with Crippen LogP contribution in [-0.2, 0) is 47.8 Å². The quantitative estimate of drug-likeness (QED) is 0.0247. The lowest BCUT2D eigenvalue weighted by Crippen LogP contribution is -2.56. The zero-order chi connectivity index (χ0) is 64.2. The fourth-order valence-corrected chi connectivity index (χ4v) is 11.3. The molecule has 1 heterocycles. The van der Waals surface area contributed by atoms with E-state index in [1.165, 1.54) is 133 Å². The highest BCUT2D eigenvalue weighted by atomic mass is 16.5. The highest BCUT2D eigenvalue weighted by Gasteiger charge is 2.30. The molecule has 0 bridgehead atoms. The molecule has 7 amide bonds. The zero-order valence-electron chi connectivity index (χ0n) is 56.3. The minimum Gasteiger partial charge on any atom is -0.481 e. The van der Waals surface area contributed by atoms with E-state index in [4.69, 9.17) is 14.6 Å². The van der Waals surface area contributed by atoms with Gasteiger partial charge in [-0.25, -0.2) is 0 Å². The molecule has 0 fully saturated rings. The number of amides is 7. The van der Waals surface area contributed by atoms with Crippen LogP contribution in [0, 0.1) is 0 Å². The molecular weight excluding hydrogens is 1110 g/mol. The number of nitrogens with one attached hydrogen (secondary N) is 5. The molecule has 0 saturated carbocycles. The monoisotopic (exact) mass is 1240 g/mol. The van der Waals surface area contributed by atoms with Gasteiger partial charge in [-0.15, -0.1) is 0 Å². The third-order valence-electron chi connectivity index (χ3n) is 16.9. The number of imide groups is 1. The standard InChI is InChI=1S/C71H130N6O11/c1-4-7-10-13-16-19-23-28-33-39-46-61(69(84)73-55-58-88-60-59-87-57-53-64(78)72-54-44-37-32-27-22-26-31-36-43-50-68(82)83)75-71(86)63(48-41-35-30-25-21-18-15-12-9-6-3)76-70(85)62(47-40-34-29-24-20-17-14-11-8-5-2)74-65(79)49-42-38-45-56-77-66(80)51-52-67(77)81/h51-52,61-63H,4-50,53-60H2,1-3H3,(H,72,78)(H,73,84)(H,74,79)(H,75,86)(H,76,85)(H,82,83). The number of aliphatic carboxylic acids is 1. The van der Waals surface area contributed by atoms with Gasteiger partial charge in [0.1, 0.15) is 18.1 Å². The smallest absolute Gasteiger partial charge is 0.303 e. The van der Waals surface area contributed by atoms with Gasteiger partial charge in [-0.2, -0.15) is 0 Å². The van der Waals surface area contributed by atoms with Crippen molar-refractivity contribution in [1.29, 1.82) is 0 Å². The molecule has 1 rings (SSSR count). The van der Waals surface area contributed by atoms with Gasteiger partial charge in [0.15, 0.2) is 0 Å². The van der Waals surface area contributed by atoms with Gasteiger partial charge in [0.25, 0.3) is 11.8 Å². The van der Waals surface area contributed by atoms with Crippen molar-refractivity contribution in [1.82, 2.24) is 31.5 Å². The molecule has 0 aromatic carbocycles. The molecule has 0 aliphatic carbocycles. The van der Waals surface area contributed by atoms with Crippen LogP contribution in [0.2, 0.25) is 0 Å². The SMILES string of the molecule is CCCCCCCCCCCCC(NC(=O)CCCCCN1C(=O)C=CC1=O)C(=O)NC(CCCCCCCCCCCC)C(=O)NC(CCCCCCCCCCCC)C(=O)NCCOCCOCCC(=O)NCCCCCCCCCCCC(=O)O. The number of ether oxygens (including phenoxy) is 2. The van der Waals surface area contributed by atoms with Gasteiger partial charge in [-0.1, -0.05) is 265 Å². The van der Waals surface area contributed by atoms with Gasteiger partial charge >= 0.3 is 5.97 Å². The summed E-state index contributed by atoms with van der Waals surface area (Å²) in [6.45, 7) is 8.97. The lowest BCUT2D eigenvalue weighted by molar-refractivity contribution is -0.138. The second-order valence-corrected chi connectivity index (χ2v) is 25.1. The maximum absolute atomic E-state index is 14.6. The molecule has 0 aromatic heterocycles. The van der Waals surface area contributed by atoms with Crippen molar-refractivity contribution in [2.45, 2.75) is 347 Å². The number of unbranched alkanes of at least 4 members (excludes halogenated alkanes) is 37. The predicted octanol–water partition coefficient (Wildman–Crippen LogP) is 14.5. The first-order chi connectivity index (χ1) is 42.9. The van der Waals surface area contributed by atoms with E-state index in [1.54, 1.807) is 0 Å². The lowest BCUT2D eigenvalue weighted by atomic mass is 10.0. The van der Waals surface area contributed by atoms with Crippen LogP contribution in [0.25, 0.3) is 0 Å². The molecule has 0 spiro atoms. The molecule has 510 valence electrons. The zero-order valence-corrected chi connectivity index (χ0v) is 56.3. The van der Waals surface area contributed by atoms with E-state index in [0.29, 0.717) is 64.8 Å². The summed E-state index contributed by atoms with van der Waals surface area (Å²) in [5, 5.41) is 23.9. The van der Waals surface area contributed by atoms with Crippen molar-refractivity contribution in [3.8, 4) is 0 Å². The van der Waals surface area contributed by atoms with Gasteiger partial charge in [0.2, 0.25) is 29.5 Å². The van der Waals surface area contributed by atoms with Gasteiger partial charge < -0.3 is 41.2 Å². The van der Waals surface area contributed by atoms with Gasteiger partial charge in [-0.05, 0) is 44.9 Å². The average molecular weight is 1240 g/mol. The van der Waals surface area contributed by atoms with Gasteiger partial charge in [0, 0.05) is 51.0 Å². The fourth-order valence-electron chi connectivity index (χ4n) is 11.3. The number of rotatable bonds is 66. The van der Waals surface area contributed by atoms with Crippen LogP contribution in [0.15, 0.2) is 12.2 Å². The summed E-state index contributed by atoms with van der Waals surface area (Å²) in [5.41, 5.74) is 0. The molecule has 1 aliphatic rings. The summed E-state index contributed by atoms with van der Waals surface area (Å²) >= 11 is 0. The van der Waals surface area contributed by atoms with Crippen molar-refractivity contribution >= 4 is 47.3 Å². The van der Waals surface area contributed by atoms with Gasteiger partial charge in [0.05, 0.1) is 26.4 Å². The van der Waals surface area contributed by atoms with Crippen LogP contribution in [0.3, 0.4) is 0 Å². The third kappa shape index (κ3) is 49.4. The number of carboxylic acid groups (broad SMARTS) is 1. The number of nitrogens with zero attached hydrogens (tertiary/aromatic N) is 1. The van der Waals surface area contributed by atoms with Crippen LogP contribution in [0.4, 0.5) is 0 Å². The molecular formula is C71H130N6O11. The molecule has 6 N–H and O–H groups in total. The average Bonchev–Trinajstić information content (AvgIpc) is 3.52. The Hall–Kier alpha value is -4.38. The number of carboxylic acids is 1. The Morgan fingerprint density at radius 2 is 0.716 bits per heavy atom. The molecule has 1 aliphatic heterocycles.